The lowest BCUT2D eigenvalue weighted by Gasteiger charge is -2.27. The minimum absolute atomic E-state index is 0.0437. The Morgan fingerprint density at radius 3 is 2.58 bits per heavy atom. The van der Waals surface area contributed by atoms with E-state index in [4.69, 9.17) is 19.4 Å². The maximum Gasteiger partial charge on any atom is 0.229 e. The molecular formula is C26H26F2N8O2. The highest BCUT2D eigenvalue weighted by Gasteiger charge is 2.20. The summed E-state index contributed by atoms with van der Waals surface area (Å²) in [6, 6.07) is 10.3. The van der Waals surface area contributed by atoms with Crippen LogP contribution in [0.5, 0.6) is 5.75 Å². The molecule has 12 heteroatoms. The van der Waals surface area contributed by atoms with Crippen LogP contribution in [0.2, 0.25) is 0 Å². The first kappa shape index (κ1) is 24.0. The largest absolute Gasteiger partial charge is 0.491 e. The number of nitrogens with zero attached hydrogens (tertiary/aromatic N) is 6. The van der Waals surface area contributed by atoms with Gasteiger partial charge in [-0.25, -0.2) is 18.7 Å². The number of hydrogen-bond acceptors (Lipinski definition) is 8. The molecular weight excluding hydrogens is 494 g/mol. The zero-order valence-electron chi connectivity index (χ0n) is 20.9. The van der Waals surface area contributed by atoms with Gasteiger partial charge in [0.15, 0.2) is 28.6 Å². The Morgan fingerprint density at radius 2 is 1.82 bits per heavy atom. The third-order valence-corrected chi connectivity index (χ3v) is 6.18. The smallest absolute Gasteiger partial charge is 0.229 e. The molecule has 0 atom stereocenters. The fourth-order valence-electron chi connectivity index (χ4n) is 4.38. The highest BCUT2D eigenvalue weighted by Crippen LogP contribution is 2.27. The van der Waals surface area contributed by atoms with Gasteiger partial charge in [-0.05, 0) is 50.2 Å². The van der Waals surface area contributed by atoms with Crippen LogP contribution in [0.1, 0.15) is 19.7 Å². The van der Waals surface area contributed by atoms with E-state index in [-0.39, 0.29) is 18.2 Å². The quantitative estimate of drug-likeness (QED) is 0.329. The molecule has 1 aliphatic rings. The molecule has 4 heterocycles. The van der Waals surface area contributed by atoms with Crippen molar-refractivity contribution < 1.29 is 18.3 Å². The number of benzene rings is 2. The molecule has 10 nitrogen and oxygen atoms in total. The Morgan fingerprint density at radius 1 is 1.03 bits per heavy atom. The van der Waals surface area contributed by atoms with E-state index in [1.54, 1.807) is 6.33 Å². The Balaban J connectivity index is 1.36. The lowest BCUT2D eigenvalue weighted by molar-refractivity contribution is 0.122. The Kier molecular flexibility index (Phi) is 6.24. The fraction of sp³-hybridized carbons (Fsp3) is 0.308. The molecule has 0 bridgehead atoms. The maximum absolute atomic E-state index is 14.2. The zero-order chi connectivity index (χ0) is 26.2. The van der Waals surface area contributed by atoms with Gasteiger partial charge in [-0.2, -0.15) is 9.97 Å². The number of H-pyrrole nitrogens is 1. The van der Waals surface area contributed by atoms with E-state index >= 15 is 0 Å². The van der Waals surface area contributed by atoms with Crippen molar-refractivity contribution in [2.75, 3.05) is 36.5 Å². The minimum Gasteiger partial charge on any atom is -0.491 e. The standard InChI is InChI=1S/C26H26F2N8O2/c1-15(2)38-17-5-3-16(4-6-17)36-14-30-23-24(33-26(34-25(23)36)35-9-11-37-12-10-35)29-13-20-31-19-8-7-18(27)21(28)22(19)32-20/h3-8,14-15H,9-13H2,1-2H3,(H,31,32)(H,29,33,34). The van der Waals surface area contributed by atoms with Crippen molar-refractivity contribution in [3.63, 3.8) is 0 Å². The number of halogens is 2. The molecule has 0 amide bonds. The number of aromatic nitrogens is 6. The third-order valence-electron chi connectivity index (χ3n) is 6.18. The van der Waals surface area contributed by atoms with E-state index in [9.17, 15) is 8.78 Å². The molecule has 1 fully saturated rings. The van der Waals surface area contributed by atoms with Gasteiger partial charge in [-0.1, -0.05) is 0 Å². The van der Waals surface area contributed by atoms with Crippen molar-refractivity contribution in [2.24, 2.45) is 0 Å². The molecule has 3 aromatic heterocycles. The summed E-state index contributed by atoms with van der Waals surface area (Å²) < 4.78 is 40.9. The second kappa shape index (κ2) is 9.86. The average molecular weight is 521 g/mol. The van der Waals surface area contributed by atoms with Gasteiger partial charge >= 0.3 is 0 Å². The van der Waals surface area contributed by atoms with Crippen LogP contribution >= 0.6 is 0 Å². The van der Waals surface area contributed by atoms with Crippen molar-refractivity contribution in [1.29, 1.82) is 0 Å². The van der Waals surface area contributed by atoms with Crippen molar-refractivity contribution in [3.05, 3.63) is 60.2 Å². The number of anilines is 2. The van der Waals surface area contributed by atoms with Crippen LogP contribution in [-0.4, -0.2) is 61.9 Å². The Labute approximate surface area is 216 Å². The number of ether oxygens (including phenoxy) is 2. The summed E-state index contributed by atoms with van der Waals surface area (Å²) in [4.78, 5) is 23.5. The van der Waals surface area contributed by atoms with E-state index in [0.29, 0.717) is 60.6 Å². The van der Waals surface area contributed by atoms with Gasteiger partial charge in [0.25, 0.3) is 0 Å². The average Bonchev–Trinajstić information content (AvgIpc) is 3.55. The highest BCUT2D eigenvalue weighted by molar-refractivity contribution is 5.85. The second-order valence-electron chi connectivity index (χ2n) is 9.21. The van der Waals surface area contributed by atoms with Gasteiger partial charge in [-0.15, -0.1) is 0 Å². The van der Waals surface area contributed by atoms with E-state index < -0.39 is 11.6 Å². The number of aromatic amines is 1. The summed E-state index contributed by atoms with van der Waals surface area (Å²) in [5, 5.41) is 3.26. The first-order valence-corrected chi connectivity index (χ1v) is 12.4. The second-order valence-corrected chi connectivity index (χ2v) is 9.21. The molecule has 1 saturated heterocycles. The number of hydrogen-bond donors (Lipinski definition) is 2. The summed E-state index contributed by atoms with van der Waals surface area (Å²) in [7, 11) is 0. The van der Waals surface area contributed by atoms with Crippen molar-refractivity contribution >= 4 is 34.0 Å². The van der Waals surface area contributed by atoms with Gasteiger partial charge in [-0.3, -0.25) is 4.57 Å². The first-order valence-electron chi connectivity index (χ1n) is 12.4. The monoisotopic (exact) mass is 520 g/mol. The van der Waals surface area contributed by atoms with Gasteiger partial charge in [0.05, 0.1) is 31.4 Å². The van der Waals surface area contributed by atoms with Crippen LogP contribution in [0.25, 0.3) is 27.9 Å². The van der Waals surface area contributed by atoms with E-state index in [0.717, 1.165) is 17.5 Å². The molecule has 0 aliphatic carbocycles. The van der Waals surface area contributed by atoms with Crippen LogP contribution in [0.4, 0.5) is 20.5 Å². The molecule has 5 aromatic rings. The molecule has 0 saturated carbocycles. The number of fused-ring (bicyclic) bond motifs is 2. The van der Waals surface area contributed by atoms with Crippen LogP contribution in [0.15, 0.2) is 42.7 Å². The molecule has 2 N–H and O–H groups in total. The SMILES string of the molecule is CC(C)Oc1ccc(-n2cnc3c(NCc4nc5c(F)c(F)ccc5[nH]4)nc(N4CCOCC4)nc32)cc1. The van der Waals surface area contributed by atoms with Crippen molar-refractivity contribution in [3.8, 4) is 11.4 Å². The maximum atomic E-state index is 14.2. The molecule has 0 spiro atoms. The van der Waals surface area contributed by atoms with Gasteiger partial charge in [0.2, 0.25) is 5.95 Å². The molecule has 196 valence electrons. The van der Waals surface area contributed by atoms with Gasteiger partial charge in [0, 0.05) is 18.8 Å². The van der Waals surface area contributed by atoms with Crippen LogP contribution in [-0.2, 0) is 11.3 Å². The van der Waals surface area contributed by atoms with E-state index in [1.807, 2.05) is 42.7 Å². The first-order chi connectivity index (χ1) is 18.5. The normalized spacial score (nSPS) is 14.1. The van der Waals surface area contributed by atoms with Crippen LogP contribution < -0.4 is 15.0 Å². The van der Waals surface area contributed by atoms with Gasteiger partial charge in [0.1, 0.15) is 23.4 Å². The molecule has 0 unspecified atom stereocenters. The topological polar surface area (TPSA) is 106 Å². The molecule has 6 rings (SSSR count). The van der Waals surface area contributed by atoms with Crippen molar-refractivity contribution in [2.45, 2.75) is 26.5 Å². The molecule has 2 aromatic carbocycles. The van der Waals surface area contributed by atoms with Gasteiger partial charge < -0.3 is 24.7 Å². The Hall–Kier alpha value is -4.32. The zero-order valence-corrected chi connectivity index (χ0v) is 20.9. The molecule has 0 radical (unpaired) electrons. The highest BCUT2D eigenvalue weighted by atomic mass is 19.2. The lowest BCUT2D eigenvalue weighted by Crippen LogP contribution is -2.37. The summed E-state index contributed by atoms with van der Waals surface area (Å²) >= 11 is 0. The van der Waals surface area contributed by atoms with E-state index in [1.165, 1.54) is 6.07 Å². The molecule has 1 aliphatic heterocycles. The number of rotatable bonds is 7. The molecule has 38 heavy (non-hydrogen) atoms. The summed E-state index contributed by atoms with van der Waals surface area (Å²) in [6.07, 6.45) is 1.78. The third kappa shape index (κ3) is 4.58. The van der Waals surface area contributed by atoms with Crippen LogP contribution in [0.3, 0.4) is 0 Å². The van der Waals surface area contributed by atoms with Crippen molar-refractivity contribution in [1.82, 2.24) is 29.5 Å². The van der Waals surface area contributed by atoms with E-state index in [2.05, 4.69) is 25.2 Å². The summed E-state index contributed by atoms with van der Waals surface area (Å²) in [6.45, 7) is 6.65. The summed E-state index contributed by atoms with van der Waals surface area (Å²) in [5.41, 5.74) is 2.43. The fourth-order valence-corrected chi connectivity index (χ4v) is 4.38. The number of morpholine rings is 1. The predicted molar refractivity (Wildman–Crippen MR) is 139 cm³/mol. The number of nitrogens with one attached hydrogen (secondary N) is 2. The lowest BCUT2D eigenvalue weighted by atomic mass is 10.3. The van der Waals surface area contributed by atoms with Crippen LogP contribution in [0, 0.1) is 11.6 Å². The predicted octanol–water partition coefficient (Wildman–Crippen LogP) is 4.21. The minimum atomic E-state index is -0.979. The summed E-state index contributed by atoms with van der Waals surface area (Å²) in [5.74, 6) is 0.341. The number of imidazole rings is 2. The Bertz CT molecular complexity index is 1590.